The Morgan fingerprint density at radius 1 is 1.24 bits per heavy atom. The zero-order valence-corrected chi connectivity index (χ0v) is 20.1. The molecule has 3 fully saturated rings. The molecule has 4 rings (SSSR count). The number of nitrogens with one attached hydrogen (secondary N) is 1. The molecule has 3 saturated heterocycles. The molecule has 33 heavy (non-hydrogen) atoms. The summed E-state index contributed by atoms with van der Waals surface area (Å²) in [5, 5.41) is 27.4. The Morgan fingerprint density at radius 3 is 2.61 bits per heavy atom. The molecule has 6 atom stereocenters. The predicted molar refractivity (Wildman–Crippen MR) is 124 cm³/mol. The highest BCUT2D eigenvalue weighted by Gasteiger charge is 2.60. The van der Waals surface area contributed by atoms with Crippen molar-refractivity contribution in [1.82, 2.24) is 19.6 Å². The van der Waals surface area contributed by atoms with Gasteiger partial charge in [-0.25, -0.2) is 4.79 Å². The van der Waals surface area contributed by atoms with Gasteiger partial charge < -0.3 is 24.9 Å². The number of hydrogen-bond acceptors (Lipinski definition) is 7. The topological polar surface area (TPSA) is 128 Å². The summed E-state index contributed by atoms with van der Waals surface area (Å²) in [7, 11) is 1.93. The lowest BCUT2D eigenvalue weighted by molar-refractivity contribution is -0.163. The van der Waals surface area contributed by atoms with Crippen molar-refractivity contribution in [2.24, 2.45) is 11.8 Å². The van der Waals surface area contributed by atoms with Crippen molar-refractivity contribution >= 4 is 35.9 Å². The summed E-state index contributed by atoms with van der Waals surface area (Å²) in [4.78, 5) is 45.7. The molecular weight excluding hydrogens is 446 g/mol. The summed E-state index contributed by atoms with van der Waals surface area (Å²) in [6.45, 7) is 6.86. The molecule has 0 aromatic heterocycles. The number of β-lactam (4-membered cyclic amide) rings is 1. The number of aliphatic hydroxyl groups is 1. The number of carboxylic acids is 1. The number of carbonyl (C=O) groups excluding carboxylic acids is 2. The first kappa shape index (κ1) is 24.0. The summed E-state index contributed by atoms with van der Waals surface area (Å²) in [6.07, 6.45) is 1.95. The molecule has 0 aromatic rings. The number of hydrogen-bond donors (Lipinski definition) is 3. The van der Waals surface area contributed by atoms with E-state index >= 15 is 0 Å². The smallest absolute Gasteiger partial charge is 0.353 e. The largest absolute Gasteiger partial charge is 0.477 e. The number of thioether (sulfide) groups is 1. The van der Waals surface area contributed by atoms with Gasteiger partial charge in [-0.3, -0.25) is 19.9 Å². The van der Waals surface area contributed by atoms with Crippen LogP contribution in [0.5, 0.6) is 0 Å². The van der Waals surface area contributed by atoms with E-state index in [-0.39, 0.29) is 40.8 Å². The summed E-state index contributed by atoms with van der Waals surface area (Å²) in [5.74, 6) is -2.10. The minimum Gasteiger partial charge on any atom is -0.477 e. The molecule has 2 amide bonds. The van der Waals surface area contributed by atoms with E-state index in [1.54, 1.807) is 6.92 Å². The van der Waals surface area contributed by atoms with Crippen molar-refractivity contribution in [3.8, 4) is 0 Å². The van der Waals surface area contributed by atoms with E-state index in [9.17, 15) is 24.6 Å². The summed E-state index contributed by atoms with van der Waals surface area (Å²) in [6, 6.07) is -0.583. The normalized spacial score (nSPS) is 33.6. The van der Waals surface area contributed by atoms with Crippen LogP contribution in [-0.4, -0.2) is 117 Å². The van der Waals surface area contributed by atoms with Gasteiger partial charge in [0.25, 0.3) is 0 Å². The molecule has 4 aliphatic rings. The molecule has 4 heterocycles. The second-order valence-corrected chi connectivity index (χ2v) is 10.9. The average molecular weight is 480 g/mol. The van der Waals surface area contributed by atoms with Gasteiger partial charge in [0.1, 0.15) is 5.70 Å². The molecule has 0 aliphatic carbocycles. The molecule has 0 unspecified atom stereocenters. The average Bonchev–Trinajstić information content (AvgIpc) is 3.10. The van der Waals surface area contributed by atoms with Crippen molar-refractivity contribution in [1.29, 1.82) is 5.41 Å². The molecule has 0 spiro atoms. The van der Waals surface area contributed by atoms with E-state index in [1.807, 2.05) is 28.7 Å². The van der Waals surface area contributed by atoms with Gasteiger partial charge >= 0.3 is 5.97 Å². The van der Waals surface area contributed by atoms with Gasteiger partial charge in [0.15, 0.2) is 0 Å². The minimum absolute atomic E-state index is 0.0380. The Labute approximate surface area is 198 Å². The van der Waals surface area contributed by atoms with Crippen LogP contribution in [0.15, 0.2) is 10.6 Å². The van der Waals surface area contributed by atoms with E-state index in [0.29, 0.717) is 37.5 Å². The first-order chi connectivity index (χ1) is 15.6. The number of aliphatic hydroxyl groups excluding tert-OH is 1. The Kier molecular flexibility index (Phi) is 6.75. The highest BCUT2D eigenvalue weighted by Crippen LogP contribution is 2.52. The standard InChI is InChI=1S/C22H33N5O5S/c1-12-17-16(13(2)28)21(30)27(17)18(22(31)32)19(12)33-14-9-15(24(3)10-14)20(29)26-6-4-5-25(11-23)7-8-26/h11-17,23,28H,4-10H2,1-3H3,(H,31,32)/t12-,13-,14+,15+,16-,17-/m1/s1. The van der Waals surface area contributed by atoms with E-state index < -0.39 is 18.0 Å². The fourth-order valence-corrected chi connectivity index (χ4v) is 7.28. The number of fused-ring (bicyclic) bond motifs is 1. The number of rotatable bonds is 6. The molecule has 0 bridgehead atoms. The van der Waals surface area contributed by atoms with Crippen LogP contribution in [0, 0.1) is 17.2 Å². The fraction of sp³-hybridized carbons (Fsp3) is 0.727. The Hall–Kier alpha value is -2.11. The highest BCUT2D eigenvalue weighted by molar-refractivity contribution is 8.03. The van der Waals surface area contributed by atoms with Crippen molar-refractivity contribution in [3.63, 3.8) is 0 Å². The van der Waals surface area contributed by atoms with E-state index in [0.717, 1.165) is 13.0 Å². The highest BCUT2D eigenvalue weighted by atomic mass is 32.2. The maximum Gasteiger partial charge on any atom is 0.353 e. The Balaban J connectivity index is 1.46. The number of amides is 2. The lowest BCUT2D eigenvalue weighted by Gasteiger charge is -2.46. The molecule has 10 nitrogen and oxygen atoms in total. The van der Waals surface area contributed by atoms with Crippen LogP contribution in [0.4, 0.5) is 0 Å². The molecular formula is C22H33N5O5S. The number of aliphatic carboxylic acids is 1. The quantitative estimate of drug-likeness (QED) is 0.278. The first-order valence-electron chi connectivity index (χ1n) is 11.5. The van der Waals surface area contributed by atoms with E-state index in [2.05, 4.69) is 0 Å². The van der Waals surface area contributed by atoms with Gasteiger partial charge in [0.2, 0.25) is 11.8 Å². The van der Waals surface area contributed by atoms with Gasteiger partial charge in [-0.1, -0.05) is 6.92 Å². The zero-order chi connectivity index (χ0) is 24.0. The summed E-state index contributed by atoms with van der Waals surface area (Å²) < 4.78 is 0. The SMILES string of the molecule is C[C@@H](O)[C@H]1C(=O)N2C(C(=O)O)=C(S[C@H]3C[C@@H](C(=O)N4CCCN(C=N)CC4)N(C)C3)[C@H](C)[C@H]12. The van der Waals surface area contributed by atoms with Crippen molar-refractivity contribution in [2.45, 2.75) is 50.1 Å². The van der Waals surface area contributed by atoms with Crippen LogP contribution in [0.25, 0.3) is 0 Å². The fourth-order valence-electron chi connectivity index (χ4n) is 5.68. The minimum atomic E-state index is -1.12. The second kappa shape index (κ2) is 9.27. The lowest BCUT2D eigenvalue weighted by atomic mass is 9.79. The van der Waals surface area contributed by atoms with Crippen LogP contribution in [0.3, 0.4) is 0 Å². The Morgan fingerprint density at radius 2 is 1.97 bits per heavy atom. The van der Waals surface area contributed by atoms with Crippen LogP contribution in [0.2, 0.25) is 0 Å². The van der Waals surface area contributed by atoms with Gasteiger partial charge in [-0.15, -0.1) is 11.8 Å². The molecule has 0 saturated carbocycles. The zero-order valence-electron chi connectivity index (χ0n) is 19.3. The Bertz CT molecular complexity index is 879. The molecule has 11 heteroatoms. The third kappa shape index (κ3) is 4.15. The lowest BCUT2D eigenvalue weighted by Crippen LogP contribution is -2.63. The number of likely N-dealkylation sites (N-methyl/N-ethyl adjacent to an activating group) is 1. The molecule has 0 aromatic carbocycles. The number of carboxylic acid groups (broad SMARTS) is 1. The van der Waals surface area contributed by atoms with Crippen LogP contribution >= 0.6 is 11.8 Å². The third-order valence-corrected chi connectivity index (χ3v) is 8.92. The van der Waals surface area contributed by atoms with Crippen LogP contribution in [-0.2, 0) is 14.4 Å². The second-order valence-electron chi connectivity index (χ2n) is 9.55. The molecule has 182 valence electrons. The maximum absolute atomic E-state index is 13.3. The maximum atomic E-state index is 13.3. The van der Waals surface area contributed by atoms with Crippen molar-refractivity contribution in [2.75, 3.05) is 39.8 Å². The van der Waals surface area contributed by atoms with Gasteiger partial charge in [-0.05, 0) is 26.8 Å². The first-order valence-corrected chi connectivity index (χ1v) is 12.4. The summed E-state index contributed by atoms with van der Waals surface area (Å²) >= 11 is 1.48. The molecule has 3 N–H and O–H groups in total. The van der Waals surface area contributed by atoms with Gasteiger partial charge in [0.05, 0.1) is 30.4 Å². The van der Waals surface area contributed by atoms with Gasteiger partial charge in [-0.2, -0.15) is 0 Å². The van der Waals surface area contributed by atoms with Crippen LogP contribution in [0.1, 0.15) is 26.7 Å². The molecule has 4 aliphatic heterocycles. The van der Waals surface area contributed by atoms with Crippen molar-refractivity contribution < 1.29 is 24.6 Å². The van der Waals surface area contributed by atoms with Crippen LogP contribution < -0.4 is 0 Å². The van der Waals surface area contributed by atoms with E-state index in [4.69, 9.17) is 5.41 Å². The van der Waals surface area contributed by atoms with E-state index in [1.165, 1.54) is 23.0 Å². The number of nitrogens with zero attached hydrogens (tertiary/aromatic N) is 4. The van der Waals surface area contributed by atoms with Crippen molar-refractivity contribution in [3.05, 3.63) is 10.6 Å². The number of carbonyl (C=O) groups is 3. The third-order valence-electron chi connectivity index (χ3n) is 7.42. The summed E-state index contributed by atoms with van der Waals surface area (Å²) in [5.41, 5.74) is 0.0380. The van der Waals surface area contributed by atoms with Gasteiger partial charge in [0, 0.05) is 48.8 Å². The molecule has 0 radical (unpaired) electrons. The number of likely N-dealkylation sites (tertiary alicyclic amines) is 1. The predicted octanol–water partition coefficient (Wildman–Crippen LogP) is 0.0874. The monoisotopic (exact) mass is 479 g/mol.